The van der Waals surface area contributed by atoms with Crippen molar-refractivity contribution < 1.29 is 17.9 Å². The van der Waals surface area contributed by atoms with Gasteiger partial charge in [-0.05, 0) is 42.5 Å². The third-order valence-corrected chi connectivity index (χ3v) is 4.24. The van der Waals surface area contributed by atoms with Gasteiger partial charge in [0.15, 0.2) is 0 Å². The molecular formula is C20H19N3O4S. The minimum absolute atomic E-state index is 0.317. The van der Waals surface area contributed by atoms with Gasteiger partial charge in [0.1, 0.15) is 12.4 Å². The monoisotopic (exact) mass is 397 g/mol. The molecule has 0 bridgehead atoms. The molecule has 0 unspecified atom stereocenters. The highest BCUT2D eigenvalue weighted by molar-refractivity contribution is 7.92. The molecule has 1 aromatic heterocycles. The van der Waals surface area contributed by atoms with Gasteiger partial charge in [0.2, 0.25) is 10.0 Å². The number of carbonyl (C=O) groups excluding carboxylic acids is 1. The molecule has 2 aromatic carbocycles. The van der Waals surface area contributed by atoms with Crippen LogP contribution in [0, 0.1) is 0 Å². The largest absolute Gasteiger partial charge is 0.487 e. The lowest BCUT2D eigenvalue weighted by molar-refractivity contribution is 0.102. The summed E-state index contributed by atoms with van der Waals surface area (Å²) < 4.78 is 30.7. The molecule has 0 aliphatic rings. The molecule has 0 spiro atoms. The Balaban J connectivity index is 1.66. The lowest BCUT2D eigenvalue weighted by atomic mass is 10.2. The Labute approximate surface area is 163 Å². The number of hydrogen-bond donors (Lipinski definition) is 2. The molecule has 0 radical (unpaired) electrons. The van der Waals surface area contributed by atoms with Gasteiger partial charge in [-0.2, -0.15) is 0 Å². The molecule has 0 atom stereocenters. The van der Waals surface area contributed by atoms with E-state index in [0.29, 0.717) is 29.3 Å². The normalized spacial score (nSPS) is 10.9. The number of aromatic nitrogens is 1. The average Bonchev–Trinajstić information content (AvgIpc) is 2.66. The number of rotatable bonds is 7. The number of benzene rings is 2. The first-order valence-corrected chi connectivity index (χ1v) is 10.3. The minimum Gasteiger partial charge on any atom is -0.487 e. The number of carbonyl (C=O) groups is 1. The van der Waals surface area contributed by atoms with Gasteiger partial charge in [0, 0.05) is 29.2 Å². The highest BCUT2D eigenvalue weighted by atomic mass is 32.2. The summed E-state index contributed by atoms with van der Waals surface area (Å²) in [6.07, 6.45) is 2.75. The molecular weight excluding hydrogens is 378 g/mol. The molecule has 0 aliphatic heterocycles. The number of sulfonamides is 1. The lowest BCUT2D eigenvalue weighted by Gasteiger charge is -2.10. The topological polar surface area (TPSA) is 97.4 Å². The van der Waals surface area contributed by atoms with Gasteiger partial charge < -0.3 is 10.1 Å². The first kappa shape index (κ1) is 19.4. The van der Waals surface area contributed by atoms with E-state index >= 15 is 0 Å². The molecule has 1 amide bonds. The van der Waals surface area contributed by atoms with Crippen LogP contribution in [0.25, 0.3) is 0 Å². The van der Waals surface area contributed by atoms with Gasteiger partial charge in [0.05, 0.1) is 11.9 Å². The van der Waals surface area contributed by atoms with E-state index in [1.165, 1.54) is 6.07 Å². The van der Waals surface area contributed by atoms with Crippen LogP contribution in [-0.2, 0) is 16.6 Å². The third-order valence-electron chi connectivity index (χ3n) is 3.63. The van der Waals surface area contributed by atoms with Crippen LogP contribution in [0.4, 0.5) is 11.4 Å². The number of ether oxygens (including phenoxy) is 1. The van der Waals surface area contributed by atoms with Gasteiger partial charge >= 0.3 is 0 Å². The maximum absolute atomic E-state index is 12.5. The van der Waals surface area contributed by atoms with Crippen LogP contribution in [0.3, 0.4) is 0 Å². The molecule has 0 saturated carbocycles. The Kier molecular flexibility index (Phi) is 5.90. The number of amides is 1. The van der Waals surface area contributed by atoms with Crippen molar-refractivity contribution >= 4 is 27.3 Å². The molecule has 1 heterocycles. The predicted molar refractivity (Wildman–Crippen MR) is 108 cm³/mol. The zero-order chi connectivity index (χ0) is 20.0. The van der Waals surface area contributed by atoms with Crippen LogP contribution in [-0.4, -0.2) is 25.6 Å². The molecule has 3 rings (SSSR count). The van der Waals surface area contributed by atoms with Gasteiger partial charge in [-0.15, -0.1) is 0 Å². The van der Waals surface area contributed by atoms with E-state index in [1.54, 1.807) is 48.7 Å². The van der Waals surface area contributed by atoms with Crippen LogP contribution in [0.1, 0.15) is 16.1 Å². The fourth-order valence-corrected chi connectivity index (χ4v) is 3.00. The van der Waals surface area contributed by atoms with E-state index in [4.69, 9.17) is 4.74 Å². The summed E-state index contributed by atoms with van der Waals surface area (Å²) in [5, 5.41) is 2.78. The van der Waals surface area contributed by atoms with Crippen LogP contribution >= 0.6 is 0 Å². The van der Waals surface area contributed by atoms with E-state index in [-0.39, 0.29) is 5.91 Å². The van der Waals surface area contributed by atoms with Crippen molar-refractivity contribution in [2.75, 3.05) is 16.3 Å². The van der Waals surface area contributed by atoms with Crippen molar-refractivity contribution in [3.63, 3.8) is 0 Å². The van der Waals surface area contributed by atoms with E-state index in [1.807, 2.05) is 18.2 Å². The molecule has 2 N–H and O–H groups in total. The van der Waals surface area contributed by atoms with Crippen molar-refractivity contribution in [3.05, 3.63) is 84.2 Å². The first-order valence-electron chi connectivity index (χ1n) is 8.41. The van der Waals surface area contributed by atoms with Crippen molar-refractivity contribution in [1.29, 1.82) is 0 Å². The highest BCUT2D eigenvalue weighted by Crippen LogP contribution is 2.20. The van der Waals surface area contributed by atoms with Crippen LogP contribution in [0.2, 0.25) is 0 Å². The Bertz CT molecular complexity index is 1070. The average molecular weight is 397 g/mol. The SMILES string of the molecule is CS(=O)(=O)Nc1cccc(C(=O)Nc2cccc(OCc3ccccn3)c2)c1. The molecule has 7 nitrogen and oxygen atoms in total. The van der Waals surface area contributed by atoms with Crippen LogP contribution in [0.15, 0.2) is 72.9 Å². The van der Waals surface area contributed by atoms with Crippen LogP contribution < -0.4 is 14.8 Å². The second-order valence-corrected chi connectivity index (χ2v) is 7.80. The number of nitrogens with zero attached hydrogens (tertiary/aromatic N) is 1. The smallest absolute Gasteiger partial charge is 0.255 e. The maximum atomic E-state index is 12.5. The zero-order valence-corrected chi connectivity index (χ0v) is 15.9. The van der Waals surface area contributed by atoms with E-state index in [0.717, 1.165) is 11.9 Å². The summed E-state index contributed by atoms with van der Waals surface area (Å²) in [4.78, 5) is 16.7. The van der Waals surface area contributed by atoms with Crippen molar-refractivity contribution in [3.8, 4) is 5.75 Å². The van der Waals surface area contributed by atoms with Gasteiger partial charge in [-0.25, -0.2) is 8.42 Å². The molecule has 144 valence electrons. The highest BCUT2D eigenvalue weighted by Gasteiger charge is 2.09. The molecule has 0 saturated heterocycles. The fourth-order valence-electron chi connectivity index (χ4n) is 2.45. The Morgan fingerprint density at radius 3 is 2.54 bits per heavy atom. The summed E-state index contributed by atoms with van der Waals surface area (Å²) in [5.41, 5.74) is 2.01. The predicted octanol–water partition coefficient (Wildman–Crippen LogP) is 3.28. The Hall–Kier alpha value is -3.39. The van der Waals surface area contributed by atoms with Crippen molar-refractivity contribution in [1.82, 2.24) is 4.98 Å². The summed E-state index contributed by atoms with van der Waals surface area (Å²) in [7, 11) is -3.42. The molecule has 28 heavy (non-hydrogen) atoms. The number of anilines is 2. The Morgan fingerprint density at radius 1 is 1.00 bits per heavy atom. The summed E-state index contributed by atoms with van der Waals surface area (Å²) >= 11 is 0. The summed E-state index contributed by atoms with van der Waals surface area (Å²) in [6.45, 7) is 0.317. The number of nitrogens with one attached hydrogen (secondary N) is 2. The molecule has 0 fully saturated rings. The van der Waals surface area contributed by atoms with E-state index in [2.05, 4.69) is 15.0 Å². The second-order valence-electron chi connectivity index (χ2n) is 6.05. The first-order chi connectivity index (χ1) is 13.4. The molecule has 8 heteroatoms. The van der Waals surface area contributed by atoms with Gasteiger partial charge in [0.25, 0.3) is 5.91 Å². The number of pyridine rings is 1. The maximum Gasteiger partial charge on any atom is 0.255 e. The van der Waals surface area contributed by atoms with Crippen molar-refractivity contribution in [2.45, 2.75) is 6.61 Å². The number of hydrogen-bond acceptors (Lipinski definition) is 5. The summed E-state index contributed by atoms with van der Waals surface area (Å²) in [6, 6.07) is 18.8. The zero-order valence-electron chi connectivity index (χ0n) is 15.1. The fraction of sp³-hybridized carbons (Fsp3) is 0.100. The standard InChI is InChI=1S/C20H19N3O4S/c1-28(25,26)23-17-9-4-6-15(12-17)20(24)22-16-8-5-10-19(13-16)27-14-18-7-2-3-11-21-18/h2-13,23H,14H2,1H3,(H,22,24). The lowest BCUT2D eigenvalue weighted by Crippen LogP contribution is -2.14. The van der Waals surface area contributed by atoms with Gasteiger partial charge in [-0.1, -0.05) is 18.2 Å². The summed E-state index contributed by atoms with van der Waals surface area (Å²) in [5.74, 6) is 0.231. The van der Waals surface area contributed by atoms with E-state index in [9.17, 15) is 13.2 Å². The second kappa shape index (κ2) is 8.53. The van der Waals surface area contributed by atoms with Gasteiger partial charge in [-0.3, -0.25) is 14.5 Å². The van der Waals surface area contributed by atoms with Crippen molar-refractivity contribution in [2.24, 2.45) is 0 Å². The Morgan fingerprint density at radius 2 is 1.79 bits per heavy atom. The minimum atomic E-state index is -3.42. The van der Waals surface area contributed by atoms with Crippen LogP contribution in [0.5, 0.6) is 5.75 Å². The van der Waals surface area contributed by atoms with E-state index < -0.39 is 10.0 Å². The molecule has 0 aliphatic carbocycles. The third kappa shape index (κ3) is 5.82. The molecule has 3 aromatic rings. The quantitative estimate of drug-likeness (QED) is 0.638.